The molecule has 0 saturated heterocycles. The zero-order valence-corrected chi connectivity index (χ0v) is 51.7. The van der Waals surface area contributed by atoms with Crippen molar-refractivity contribution < 1.29 is 0 Å². The van der Waals surface area contributed by atoms with E-state index in [-0.39, 0.29) is 0 Å². The van der Waals surface area contributed by atoms with E-state index < -0.39 is 0 Å². The maximum absolute atomic E-state index is 2.12. The molecule has 6 fully saturated rings. The Labute approximate surface area is 428 Å². The van der Waals surface area contributed by atoms with Crippen LogP contribution in [0.25, 0.3) is 0 Å². The highest BCUT2D eigenvalue weighted by Gasteiger charge is 2.26. The first-order chi connectivity index (χ1) is 32.0. The van der Waals surface area contributed by atoms with Gasteiger partial charge in [0.25, 0.3) is 0 Å². The third-order valence-corrected chi connectivity index (χ3v) is 11.9. The predicted octanol–water partition coefficient (Wildman–Crippen LogP) is 26.6. The summed E-state index contributed by atoms with van der Waals surface area (Å²) >= 11 is 0. The van der Waals surface area contributed by atoms with E-state index in [2.05, 4.69) is 138 Å². The zero-order chi connectivity index (χ0) is 51.7. The van der Waals surface area contributed by atoms with Gasteiger partial charge in [-0.1, -0.05) is 395 Å². The summed E-state index contributed by atoms with van der Waals surface area (Å²) < 4.78 is 0. The van der Waals surface area contributed by atoms with E-state index in [1.54, 1.807) is 77.0 Å². The van der Waals surface area contributed by atoms with E-state index in [1.165, 1.54) is 180 Å². The van der Waals surface area contributed by atoms with E-state index >= 15 is 0 Å². The van der Waals surface area contributed by atoms with Gasteiger partial charge in [0.15, 0.2) is 0 Å². The van der Waals surface area contributed by atoms with Crippen molar-refractivity contribution in [1.82, 2.24) is 0 Å². The summed E-state index contributed by atoms with van der Waals surface area (Å²) in [6, 6.07) is 0. The minimum atomic E-state index is 1.14. The van der Waals surface area contributed by atoms with Crippen LogP contribution in [0.1, 0.15) is 395 Å². The smallest absolute Gasteiger partial charge is 0.0386 e. The highest BCUT2D eigenvalue weighted by molar-refractivity contribution is 4.78. The number of hydrogen-bond donors (Lipinski definition) is 0. The summed E-state index contributed by atoms with van der Waals surface area (Å²) in [5.74, 6) is 6.83. The average molecular weight is 940 g/mol. The summed E-state index contributed by atoms with van der Waals surface area (Å²) in [7, 11) is 0. The SMILES string of the molecule is C1CCC(C2CCCCC2)CC1.C1CCC(C2CCCCC2)CC1.C1CCC(C2CCCCC2)CC1.CCC.CCC.CCC.CCC.CCC.CCC.CCC.CCC.CCC.CCC. The molecular formula is C66H146. The van der Waals surface area contributed by atoms with Crippen LogP contribution in [0.3, 0.4) is 0 Å². The van der Waals surface area contributed by atoms with Gasteiger partial charge in [-0.3, -0.25) is 0 Å². The van der Waals surface area contributed by atoms with Gasteiger partial charge in [0, 0.05) is 0 Å². The minimum absolute atomic E-state index is 1.14. The minimum Gasteiger partial charge on any atom is -0.0656 e. The second-order valence-corrected chi connectivity index (χ2v) is 21.5. The van der Waals surface area contributed by atoms with Crippen LogP contribution in [-0.4, -0.2) is 0 Å². The molecule has 0 radical (unpaired) electrons. The summed E-state index contributed by atoms with van der Waals surface area (Å²) in [6.07, 6.45) is 58.7. The molecule has 0 aliphatic heterocycles. The monoisotopic (exact) mass is 939 g/mol. The Morgan fingerprint density at radius 3 is 0.258 bits per heavy atom. The lowest BCUT2D eigenvalue weighted by Crippen LogP contribution is -2.20. The standard InChI is InChI=1S/3C12H22.10C3H8/c3*1-3-7-11(8-4-1)12-9-5-2-6-10-12;10*1-3-2/h3*11-12H,1-10H2;10*3H2,1-2H3. The third kappa shape index (κ3) is 70.6. The van der Waals surface area contributed by atoms with Crippen molar-refractivity contribution in [2.45, 2.75) is 395 Å². The zero-order valence-electron chi connectivity index (χ0n) is 51.7. The fourth-order valence-corrected chi connectivity index (χ4v) is 9.63. The number of hydrogen-bond acceptors (Lipinski definition) is 0. The molecule has 410 valence electrons. The Morgan fingerprint density at radius 1 is 0.136 bits per heavy atom. The molecule has 0 nitrogen and oxygen atoms in total. The maximum atomic E-state index is 2.12. The lowest BCUT2D eigenvalue weighted by Gasteiger charge is -2.32. The average Bonchev–Trinajstić information content (AvgIpc) is 3.34. The highest BCUT2D eigenvalue weighted by atomic mass is 14.3. The summed E-state index contributed by atoms with van der Waals surface area (Å²) in [4.78, 5) is 0. The molecule has 0 heterocycles. The van der Waals surface area contributed by atoms with Gasteiger partial charge in [-0.2, -0.15) is 0 Å². The first-order valence-corrected chi connectivity index (χ1v) is 32.0. The second-order valence-electron chi connectivity index (χ2n) is 21.5. The molecule has 0 aromatic heterocycles. The van der Waals surface area contributed by atoms with Crippen LogP contribution in [0.5, 0.6) is 0 Å². The van der Waals surface area contributed by atoms with Gasteiger partial charge in [-0.25, -0.2) is 0 Å². The van der Waals surface area contributed by atoms with Crippen molar-refractivity contribution in [2.24, 2.45) is 35.5 Å². The molecule has 0 bridgehead atoms. The maximum Gasteiger partial charge on any atom is -0.0386 e. The van der Waals surface area contributed by atoms with Crippen molar-refractivity contribution in [3.05, 3.63) is 0 Å². The lowest BCUT2D eigenvalue weighted by molar-refractivity contribution is 0.196. The lowest BCUT2D eigenvalue weighted by atomic mass is 9.73. The van der Waals surface area contributed by atoms with E-state index in [4.69, 9.17) is 0 Å². The fraction of sp³-hybridized carbons (Fsp3) is 1.00. The molecule has 0 heteroatoms. The Balaban J connectivity index is -0.000000123. The predicted molar refractivity (Wildman–Crippen MR) is 319 cm³/mol. The second kappa shape index (κ2) is 79.1. The summed E-state index contributed by atoms with van der Waals surface area (Å²) in [5, 5.41) is 0. The van der Waals surface area contributed by atoms with Crippen molar-refractivity contribution in [3.63, 3.8) is 0 Å². The van der Waals surface area contributed by atoms with Crippen molar-refractivity contribution >= 4 is 0 Å². The van der Waals surface area contributed by atoms with Crippen molar-refractivity contribution in [3.8, 4) is 0 Å². The van der Waals surface area contributed by atoms with Gasteiger partial charge in [-0.15, -0.1) is 0 Å². The van der Waals surface area contributed by atoms with Crippen molar-refractivity contribution in [2.75, 3.05) is 0 Å². The van der Waals surface area contributed by atoms with Crippen molar-refractivity contribution in [1.29, 1.82) is 0 Å². The molecule has 0 atom stereocenters. The molecule has 6 rings (SSSR count). The normalized spacial score (nSPS) is 18.5. The van der Waals surface area contributed by atoms with E-state index in [1.807, 2.05) is 0 Å². The first kappa shape index (κ1) is 80.1. The molecule has 0 amide bonds. The molecule has 66 heavy (non-hydrogen) atoms. The van der Waals surface area contributed by atoms with Crippen LogP contribution in [0, 0.1) is 35.5 Å². The van der Waals surface area contributed by atoms with Gasteiger partial charge in [0.1, 0.15) is 0 Å². The van der Waals surface area contributed by atoms with Crippen LogP contribution in [0.4, 0.5) is 0 Å². The molecule has 0 spiro atoms. The van der Waals surface area contributed by atoms with E-state index in [0.717, 1.165) is 35.5 Å². The third-order valence-electron chi connectivity index (χ3n) is 11.9. The van der Waals surface area contributed by atoms with Crippen LogP contribution in [0.15, 0.2) is 0 Å². The molecule has 6 aliphatic carbocycles. The highest BCUT2D eigenvalue weighted by Crippen LogP contribution is 2.40. The van der Waals surface area contributed by atoms with Crippen LogP contribution in [-0.2, 0) is 0 Å². The topological polar surface area (TPSA) is 0 Å². The van der Waals surface area contributed by atoms with E-state index in [0.29, 0.717) is 0 Å². The Kier molecular flexibility index (Phi) is 96.1. The van der Waals surface area contributed by atoms with Gasteiger partial charge in [0.2, 0.25) is 0 Å². The Morgan fingerprint density at radius 2 is 0.197 bits per heavy atom. The first-order valence-electron chi connectivity index (χ1n) is 32.0. The largest absolute Gasteiger partial charge is 0.0656 e. The van der Waals surface area contributed by atoms with Crippen LogP contribution < -0.4 is 0 Å². The van der Waals surface area contributed by atoms with E-state index in [9.17, 15) is 0 Å². The molecule has 6 aliphatic rings. The van der Waals surface area contributed by atoms with Crippen LogP contribution in [0.2, 0.25) is 0 Å². The molecular weight excluding hydrogens is 793 g/mol. The number of rotatable bonds is 3. The summed E-state index contributed by atoms with van der Waals surface area (Å²) in [5.41, 5.74) is 0. The molecule has 6 saturated carbocycles. The van der Waals surface area contributed by atoms with Gasteiger partial charge in [-0.05, 0) is 35.5 Å². The Bertz CT molecular complexity index is 486. The van der Waals surface area contributed by atoms with Gasteiger partial charge < -0.3 is 0 Å². The van der Waals surface area contributed by atoms with Gasteiger partial charge >= 0.3 is 0 Å². The molecule has 0 N–H and O–H groups in total. The van der Waals surface area contributed by atoms with Gasteiger partial charge in [0.05, 0.1) is 0 Å². The molecule has 0 aromatic carbocycles. The van der Waals surface area contributed by atoms with Crippen LogP contribution >= 0.6 is 0 Å². The fourth-order valence-electron chi connectivity index (χ4n) is 9.63. The Hall–Kier alpha value is 0. The molecule has 0 unspecified atom stereocenters. The quantitative estimate of drug-likeness (QED) is 0.265. The molecule has 0 aromatic rings. The summed E-state index contributed by atoms with van der Waals surface area (Å²) in [6.45, 7) is 42.5.